The molecule has 37 heavy (non-hydrogen) atoms. The van der Waals surface area contributed by atoms with Crippen LogP contribution in [0.3, 0.4) is 0 Å². The van der Waals surface area contributed by atoms with Gasteiger partial charge >= 0.3 is 0 Å². The molecule has 0 bridgehead atoms. The largest absolute Gasteiger partial charge is 0.352 e. The van der Waals surface area contributed by atoms with Gasteiger partial charge in [0.15, 0.2) is 5.16 Å². The summed E-state index contributed by atoms with van der Waals surface area (Å²) in [5.74, 6) is 0.395. The number of carbonyl (C=O) groups is 1. The number of thioether (sulfide) groups is 1. The number of nitrogens with zero attached hydrogens (tertiary/aromatic N) is 3. The van der Waals surface area contributed by atoms with Gasteiger partial charge in [-0.2, -0.15) is 0 Å². The molecule has 7 nitrogen and oxygen atoms in total. The van der Waals surface area contributed by atoms with Crippen LogP contribution in [0.5, 0.6) is 0 Å². The molecule has 0 saturated carbocycles. The summed E-state index contributed by atoms with van der Waals surface area (Å²) in [4.78, 5) is 27.9. The summed E-state index contributed by atoms with van der Waals surface area (Å²) < 4.78 is 2.28. The van der Waals surface area contributed by atoms with Crippen molar-refractivity contribution in [1.29, 1.82) is 0 Å². The van der Waals surface area contributed by atoms with E-state index in [1.165, 1.54) is 18.2 Å². The van der Waals surface area contributed by atoms with E-state index >= 15 is 0 Å². The van der Waals surface area contributed by atoms with Gasteiger partial charge in [0.2, 0.25) is 0 Å². The fourth-order valence-electron chi connectivity index (χ4n) is 4.00. The molecule has 0 aliphatic heterocycles. The molecule has 0 fully saturated rings. The fraction of sp³-hybridized carbons (Fsp3) is 0.214. The number of nitrogens with one attached hydrogen (secondary N) is 1. The lowest BCUT2D eigenvalue weighted by Gasteiger charge is -2.16. The minimum absolute atomic E-state index is 0.0573. The Morgan fingerprint density at radius 3 is 2.30 bits per heavy atom. The number of benzene rings is 3. The van der Waals surface area contributed by atoms with Crippen molar-refractivity contribution in [3.8, 4) is 22.5 Å². The first-order valence-electron chi connectivity index (χ1n) is 11.9. The number of imidazole rings is 1. The number of rotatable bonds is 10. The molecule has 1 heterocycles. The highest BCUT2D eigenvalue weighted by Crippen LogP contribution is 2.38. The van der Waals surface area contributed by atoms with Crippen molar-refractivity contribution < 1.29 is 9.72 Å². The number of nitro groups is 1. The van der Waals surface area contributed by atoms with E-state index in [1.807, 2.05) is 36.4 Å². The molecule has 1 aromatic heterocycles. The third kappa shape index (κ3) is 6.21. The lowest BCUT2D eigenvalue weighted by molar-refractivity contribution is -0.384. The van der Waals surface area contributed by atoms with Gasteiger partial charge in [-0.1, -0.05) is 84.0 Å². The van der Waals surface area contributed by atoms with Gasteiger partial charge in [0.05, 0.1) is 26.9 Å². The van der Waals surface area contributed by atoms with Crippen molar-refractivity contribution in [1.82, 2.24) is 14.9 Å². The summed E-state index contributed by atoms with van der Waals surface area (Å²) in [6, 6.07) is 24.5. The number of amides is 1. The minimum Gasteiger partial charge on any atom is -0.352 e. The lowest BCUT2D eigenvalue weighted by atomic mass is 10.0. The monoisotopic (exact) mass is 534 g/mol. The molecule has 0 radical (unpaired) electrons. The smallest absolute Gasteiger partial charge is 0.270 e. The average molecular weight is 535 g/mol. The van der Waals surface area contributed by atoms with Crippen molar-refractivity contribution in [2.24, 2.45) is 0 Å². The van der Waals surface area contributed by atoms with Crippen molar-refractivity contribution in [2.45, 2.75) is 31.5 Å². The zero-order valence-electron chi connectivity index (χ0n) is 20.6. The quantitative estimate of drug-likeness (QED) is 0.0999. The van der Waals surface area contributed by atoms with Crippen molar-refractivity contribution in [3.05, 3.63) is 99.6 Å². The van der Waals surface area contributed by atoms with Crippen LogP contribution in [0.2, 0.25) is 5.02 Å². The molecule has 1 N–H and O–H groups in total. The predicted octanol–water partition coefficient (Wildman–Crippen LogP) is 7.27. The van der Waals surface area contributed by atoms with E-state index in [1.54, 1.807) is 11.8 Å². The number of carbonyl (C=O) groups excluding carboxylic acids is 1. The maximum absolute atomic E-state index is 12.5. The van der Waals surface area contributed by atoms with Crippen molar-refractivity contribution in [3.63, 3.8) is 0 Å². The number of non-ortho nitro benzene ring substituents is 1. The highest BCUT2D eigenvalue weighted by atomic mass is 35.5. The maximum atomic E-state index is 12.5. The molecule has 0 atom stereocenters. The van der Waals surface area contributed by atoms with Crippen LogP contribution in [0, 0.1) is 10.1 Å². The topological polar surface area (TPSA) is 90.1 Å². The maximum Gasteiger partial charge on any atom is 0.270 e. The molecule has 190 valence electrons. The Morgan fingerprint density at radius 1 is 1.05 bits per heavy atom. The van der Waals surface area contributed by atoms with E-state index in [0.29, 0.717) is 13.0 Å². The number of aromatic nitrogens is 2. The Morgan fingerprint density at radius 2 is 1.70 bits per heavy atom. The van der Waals surface area contributed by atoms with Crippen molar-refractivity contribution >= 4 is 35.0 Å². The van der Waals surface area contributed by atoms with Gasteiger partial charge in [-0.25, -0.2) is 4.98 Å². The second kappa shape index (κ2) is 12.1. The van der Waals surface area contributed by atoms with Gasteiger partial charge in [-0.05, 0) is 26.3 Å². The fourth-order valence-corrected chi connectivity index (χ4v) is 5.33. The van der Waals surface area contributed by atoms with Gasteiger partial charge < -0.3 is 9.88 Å². The van der Waals surface area contributed by atoms with E-state index in [9.17, 15) is 14.9 Å². The third-order valence-corrected chi connectivity index (χ3v) is 7.09. The highest BCUT2D eigenvalue weighted by Gasteiger charge is 2.22. The van der Waals surface area contributed by atoms with Crippen LogP contribution < -0.4 is 5.32 Å². The Balaban J connectivity index is 1.47. The molecule has 1 amide bonds. The standard InChI is InChI=1S/C28H27ClN4O3S/c1-19(2)32-26(21-12-7-4-8-13-21)25(20-10-5-3-6-11-20)31-28(32)37-17-9-16-30-27(34)23-15-14-22(33(35)36)18-24(23)29/h3-8,10-15,18-19H,9,16-17H2,1-2H3,(H,30,34). The summed E-state index contributed by atoms with van der Waals surface area (Å²) >= 11 is 7.73. The van der Waals surface area contributed by atoms with Gasteiger partial charge in [0, 0.05) is 41.6 Å². The molecule has 9 heteroatoms. The Hall–Kier alpha value is -3.62. The number of halogens is 1. The first-order chi connectivity index (χ1) is 17.9. The van der Waals surface area contributed by atoms with Crippen LogP contribution in [0.25, 0.3) is 22.5 Å². The first kappa shape index (κ1) is 26.4. The van der Waals surface area contributed by atoms with Crippen LogP contribution >= 0.6 is 23.4 Å². The highest BCUT2D eigenvalue weighted by molar-refractivity contribution is 7.99. The van der Waals surface area contributed by atoms with Crippen LogP contribution in [0.1, 0.15) is 36.7 Å². The van der Waals surface area contributed by atoms with E-state index in [2.05, 4.69) is 48.0 Å². The van der Waals surface area contributed by atoms with Crippen LogP contribution in [0.4, 0.5) is 5.69 Å². The van der Waals surface area contributed by atoms with Crippen LogP contribution in [-0.4, -0.2) is 32.7 Å². The SMILES string of the molecule is CC(C)n1c(SCCCNC(=O)c2ccc([N+](=O)[O-])cc2Cl)nc(-c2ccccc2)c1-c1ccccc1. The summed E-state index contributed by atoms with van der Waals surface area (Å²) in [6.07, 6.45) is 0.716. The molecule has 0 unspecified atom stereocenters. The van der Waals surface area contributed by atoms with E-state index in [4.69, 9.17) is 16.6 Å². The minimum atomic E-state index is -0.543. The van der Waals surface area contributed by atoms with E-state index < -0.39 is 4.92 Å². The molecule has 3 aromatic carbocycles. The Kier molecular flexibility index (Phi) is 8.63. The molecule has 0 saturated heterocycles. The zero-order valence-corrected chi connectivity index (χ0v) is 22.1. The third-order valence-electron chi connectivity index (χ3n) is 5.74. The number of nitro benzene ring substituents is 1. The van der Waals surface area contributed by atoms with Crippen molar-refractivity contribution in [2.75, 3.05) is 12.3 Å². The summed E-state index contributed by atoms with van der Waals surface area (Å²) in [6.45, 7) is 4.75. The number of hydrogen-bond donors (Lipinski definition) is 1. The lowest BCUT2D eigenvalue weighted by Crippen LogP contribution is -2.25. The molecule has 0 spiro atoms. The van der Waals surface area contributed by atoms with Crippen LogP contribution in [0.15, 0.2) is 84.0 Å². The van der Waals surface area contributed by atoms with E-state index in [0.717, 1.165) is 33.4 Å². The van der Waals surface area contributed by atoms with E-state index in [-0.39, 0.29) is 28.2 Å². The molecule has 0 aliphatic rings. The molecule has 0 aliphatic carbocycles. The molecule has 4 rings (SSSR count). The first-order valence-corrected chi connectivity index (χ1v) is 13.3. The Bertz CT molecular complexity index is 1390. The summed E-state index contributed by atoms with van der Waals surface area (Å²) in [7, 11) is 0. The Labute approximate surface area is 225 Å². The molecule has 4 aromatic rings. The number of hydrogen-bond acceptors (Lipinski definition) is 5. The van der Waals surface area contributed by atoms with Gasteiger partial charge in [0.25, 0.3) is 11.6 Å². The molecular weight excluding hydrogens is 508 g/mol. The van der Waals surface area contributed by atoms with Crippen LogP contribution in [-0.2, 0) is 0 Å². The average Bonchev–Trinajstić information content (AvgIpc) is 3.29. The van der Waals surface area contributed by atoms with Gasteiger partial charge in [-0.15, -0.1) is 0 Å². The zero-order chi connectivity index (χ0) is 26.4. The van der Waals surface area contributed by atoms with Gasteiger partial charge in [-0.3, -0.25) is 14.9 Å². The second-order valence-electron chi connectivity index (χ2n) is 8.67. The predicted molar refractivity (Wildman–Crippen MR) is 149 cm³/mol. The van der Waals surface area contributed by atoms with Gasteiger partial charge in [0.1, 0.15) is 0 Å². The summed E-state index contributed by atoms with van der Waals surface area (Å²) in [5.41, 5.74) is 4.28. The summed E-state index contributed by atoms with van der Waals surface area (Å²) in [5, 5.41) is 14.7. The second-order valence-corrected chi connectivity index (χ2v) is 10.1. The molecular formula is C28H27ClN4O3S. The normalized spacial score (nSPS) is 11.0.